The Kier molecular flexibility index (Phi) is 1.58. The number of nitrogens with zero attached hydrogens (tertiary/aromatic N) is 4. The highest BCUT2D eigenvalue weighted by atomic mass is 16.5. The summed E-state index contributed by atoms with van der Waals surface area (Å²) in [6.07, 6.45) is 1.23. The van der Waals surface area contributed by atoms with E-state index in [-0.39, 0.29) is 0 Å². The van der Waals surface area contributed by atoms with Crippen molar-refractivity contribution in [1.29, 1.82) is 0 Å². The summed E-state index contributed by atoms with van der Waals surface area (Å²) in [6.45, 7) is 4.00. The Morgan fingerprint density at radius 3 is 2.71 bits per heavy atom. The van der Waals surface area contributed by atoms with Crippen LogP contribution in [0, 0.1) is 6.92 Å². The van der Waals surface area contributed by atoms with Crippen LogP contribution in [0.3, 0.4) is 0 Å². The van der Waals surface area contributed by atoms with Gasteiger partial charge < -0.3 is 9.42 Å². The number of piperazine rings is 1. The predicted molar refractivity (Wildman–Crippen MR) is 51.2 cm³/mol. The summed E-state index contributed by atoms with van der Waals surface area (Å²) >= 11 is 0. The van der Waals surface area contributed by atoms with Crippen LogP contribution in [0.25, 0.3) is 0 Å². The third-order valence-corrected chi connectivity index (χ3v) is 3.28. The van der Waals surface area contributed by atoms with E-state index in [1.54, 1.807) is 0 Å². The molecule has 0 saturated carbocycles. The van der Waals surface area contributed by atoms with Gasteiger partial charge in [0.15, 0.2) is 5.82 Å². The Balaban J connectivity index is 1.83. The standard InChI is InChI=1S/C9H14N4O/c1-6-10-9(14-11-6)13-5-7-3-8(13)4-12(7)2/h7-8H,3-5H2,1-2H3/t7-,8?/m0/s1. The third-order valence-electron chi connectivity index (χ3n) is 3.28. The zero-order valence-electron chi connectivity index (χ0n) is 8.47. The van der Waals surface area contributed by atoms with E-state index in [1.807, 2.05) is 6.92 Å². The maximum atomic E-state index is 5.18. The maximum absolute atomic E-state index is 5.18. The van der Waals surface area contributed by atoms with Gasteiger partial charge in [-0.05, 0) is 20.4 Å². The van der Waals surface area contributed by atoms with Gasteiger partial charge in [-0.3, -0.25) is 4.90 Å². The Bertz CT molecular complexity index is 348. The van der Waals surface area contributed by atoms with E-state index in [0.29, 0.717) is 18.1 Å². The molecule has 14 heavy (non-hydrogen) atoms. The Morgan fingerprint density at radius 2 is 2.21 bits per heavy atom. The summed E-state index contributed by atoms with van der Waals surface area (Å²) < 4.78 is 5.18. The molecule has 2 saturated heterocycles. The Labute approximate surface area is 82.7 Å². The van der Waals surface area contributed by atoms with Gasteiger partial charge in [0.1, 0.15) is 0 Å². The van der Waals surface area contributed by atoms with Crippen molar-refractivity contribution in [3.8, 4) is 0 Å². The summed E-state index contributed by atoms with van der Waals surface area (Å²) in [5.74, 6) is 0.719. The van der Waals surface area contributed by atoms with Gasteiger partial charge in [0, 0.05) is 25.2 Å². The van der Waals surface area contributed by atoms with Crippen molar-refractivity contribution in [1.82, 2.24) is 15.0 Å². The highest BCUT2D eigenvalue weighted by molar-refractivity contribution is 5.33. The molecule has 0 amide bonds. The van der Waals surface area contributed by atoms with E-state index in [2.05, 4.69) is 27.0 Å². The van der Waals surface area contributed by atoms with Gasteiger partial charge in [-0.25, -0.2) is 0 Å². The number of hydrogen-bond donors (Lipinski definition) is 0. The quantitative estimate of drug-likeness (QED) is 0.642. The zero-order chi connectivity index (χ0) is 9.71. The van der Waals surface area contributed by atoms with E-state index >= 15 is 0 Å². The van der Waals surface area contributed by atoms with Crippen molar-refractivity contribution in [2.24, 2.45) is 0 Å². The molecule has 1 aromatic heterocycles. The van der Waals surface area contributed by atoms with Crippen LogP contribution >= 0.6 is 0 Å². The van der Waals surface area contributed by atoms with Gasteiger partial charge in [-0.2, -0.15) is 4.98 Å². The first-order valence-electron chi connectivity index (χ1n) is 5.01. The van der Waals surface area contributed by atoms with Gasteiger partial charge in [0.05, 0.1) is 0 Å². The molecule has 0 spiro atoms. The second-order valence-electron chi connectivity index (χ2n) is 4.26. The zero-order valence-corrected chi connectivity index (χ0v) is 8.47. The molecular weight excluding hydrogens is 180 g/mol. The van der Waals surface area contributed by atoms with E-state index in [9.17, 15) is 0 Å². The summed E-state index contributed by atoms with van der Waals surface area (Å²) in [6, 6.07) is 1.94. The van der Waals surface area contributed by atoms with Crippen molar-refractivity contribution in [3.63, 3.8) is 0 Å². The van der Waals surface area contributed by atoms with Gasteiger partial charge in [0.25, 0.3) is 0 Å². The van der Waals surface area contributed by atoms with Gasteiger partial charge in [-0.15, -0.1) is 0 Å². The average Bonchev–Trinajstić information content (AvgIpc) is 2.77. The van der Waals surface area contributed by atoms with E-state index < -0.39 is 0 Å². The summed E-state index contributed by atoms with van der Waals surface area (Å²) in [5, 5.41) is 3.82. The molecule has 3 heterocycles. The number of rotatable bonds is 1. The predicted octanol–water partition coefficient (Wildman–Crippen LogP) is 0.271. The molecule has 3 rings (SSSR count). The van der Waals surface area contributed by atoms with Crippen molar-refractivity contribution in [2.45, 2.75) is 25.4 Å². The minimum atomic E-state index is 0.574. The van der Waals surface area contributed by atoms with Crippen molar-refractivity contribution < 1.29 is 4.52 Å². The van der Waals surface area contributed by atoms with Crippen LogP contribution in [0.4, 0.5) is 6.01 Å². The highest BCUT2D eigenvalue weighted by Crippen LogP contribution is 2.32. The molecule has 2 atom stereocenters. The van der Waals surface area contributed by atoms with Crippen molar-refractivity contribution >= 4 is 6.01 Å². The maximum Gasteiger partial charge on any atom is 0.324 e. The third kappa shape index (κ3) is 1.05. The van der Waals surface area contributed by atoms with Crippen LogP contribution in [0.5, 0.6) is 0 Å². The van der Waals surface area contributed by atoms with Crippen molar-refractivity contribution in [3.05, 3.63) is 5.82 Å². The van der Waals surface area contributed by atoms with Crippen LogP contribution in [-0.2, 0) is 0 Å². The first kappa shape index (κ1) is 8.23. The molecule has 0 aromatic carbocycles. The summed E-state index contributed by atoms with van der Waals surface area (Å²) in [4.78, 5) is 8.91. The highest BCUT2D eigenvalue weighted by Gasteiger charge is 2.43. The lowest BCUT2D eigenvalue weighted by Crippen LogP contribution is -2.44. The number of likely N-dealkylation sites (tertiary alicyclic amines) is 1. The minimum absolute atomic E-state index is 0.574. The second-order valence-corrected chi connectivity index (χ2v) is 4.26. The molecule has 1 aromatic rings. The topological polar surface area (TPSA) is 45.4 Å². The molecule has 0 aliphatic carbocycles. The number of anilines is 1. The number of aryl methyl sites for hydroxylation is 1. The lowest BCUT2D eigenvalue weighted by Gasteiger charge is -2.30. The average molecular weight is 194 g/mol. The van der Waals surface area contributed by atoms with Crippen LogP contribution in [0.15, 0.2) is 4.52 Å². The van der Waals surface area contributed by atoms with Gasteiger partial charge in [-0.1, -0.05) is 5.16 Å². The van der Waals surface area contributed by atoms with Gasteiger partial charge >= 0.3 is 6.01 Å². The number of aromatic nitrogens is 2. The fourth-order valence-electron chi connectivity index (χ4n) is 2.50. The first-order valence-corrected chi connectivity index (χ1v) is 5.01. The molecule has 0 radical (unpaired) electrons. The summed E-state index contributed by atoms with van der Waals surface area (Å²) in [5.41, 5.74) is 0. The van der Waals surface area contributed by atoms with Crippen LogP contribution in [0.2, 0.25) is 0 Å². The minimum Gasteiger partial charge on any atom is -0.319 e. The van der Waals surface area contributed by atoms with E-state index in [0.717, 1.165) is 18.9 Å². The molecule has 2 bridgehead atoms. The lowest BCUT2D eigenvalue weighted by atomic mass is 10.2. The monoisotopic (exact) mass is 194 g/mol. The molecule has 5 heteroatoms. The fourth-order valence-corrected chi connectivity index (χ4v) is 2.50. The Hall–Kier alpha value is -1.10. The molecule has 5 nitrogen and oxygen atoms in total. The first-order chi connectivity index (χ1) is 6.74. The molecule has 76 valence electrons. The molecule has 1 unspecified atom stereocenters. The number of likely N-dealkylation sites (N-methyl/N-ethyl adjacent to an activating group) is 1. The second kappa shape index (κ2) is 2.70. The van der Waals surface area contributed by atoms with E-state index in [1.165, 1.54) is 6.42 Å². The van der Waals surface area contributed by atoms with Gasteiger partial charge in [0.2, 0.25) is 0 Å². The molecular formula is C9H14N4O. The van der Waals surface area contributed by atoms with Crippen LogP contribution < -0.4 is 4.90 Å². The number of fused-ring (bicyclic) bond motifs is 2. The lowest BCUT2D eigenvalue weighted by molar-refractivity contribution is 0.283. The molecule has 2 aliphatic heterocycles. The largest absolute Gasteiger partial charge is 0.324 e. The van der Waals surface area contributed by atoms with Crippen molar-refractivity contribution in [2.75, 3.05) is 25.0 Å². The fraction of sp³-hybridized carbons (Fsp3) is 0.778. The Morgan fingerprint density at radius 1 is 1.36 bits per heavy atom. The SMILES string of the molecule is Cc1noc(N2C[C@@H]3CC2CN3C)n1. The van der Waals surface area contributed by atoms with Crippen LogP contribution in [0.1, 0.15) is 12.2 Å². The number of hydrogen-bond acceptors (Lipinski definition) is 5. The molecule has 2 aliphatic rings. The smallest absolute Gasteiger partial charge is 0.319 e. The molecule has 2 fully saturated rings. The van der Waals surface area contributed by atoms with E-state index in [4.69, 9.17) is 4.52 Å². The van der Waals surface area contributed by atoms with Crippen LogP contribution in [-0.4, -0.2) is 47.3 Å². The normalized spacial score (nSPS) is 31.7. The summed E-state index contributed by atoms with van der Waals surface area (Å²) in [7, 11) is 2.18. The molecule has 0 N–H and O–H groups in total.